The Morgan fingerprint density at radius 1 is 1.37 bits per heavy atom. The fourth-order valence-electron chi connectivity index (χ4n) is 2.43. The fraction of sp³-hybridized carbons (Fsp3) is 0.625. The third-order valence-electron chi connectivity index (χ3n) is 3.92. The zero-order valence-corrected chi connectivity index (χ0v) is 11.9. The van der Waals surface area contributed by atoms with Crippen LogP contribution in [0.1, 0.15) is 25.3 Å². The van der Waals surface area contributed by atoms with E-state index < -0.39 is 0 Å². The molecule has 0 bridgehead atoms. The van der Waals surface area contributed by atoms with Crippen molar-refractivity contribution < 1.29 is 9.13 Å². The molecule has 1 N–H and O–H groups in total. The van der Waals surface area contributed by atoms with Crippen LogP contribution in [-0.4, -0.2) is 26.3 Å². The second-order valence-corrected chi connectivity index (χ2v) is 5.67. The quantitative estimate of drug-likeness (QED) is 0.780. The molecule has 0 spiro atoms. The van der Waals surface area contributed by atoms with Crippen LogP contribution in [0.5, 0.6) is 0 Å². The van der Waals surface area contributed by atoms with Gasteiger partial charge in [0.2, 0.25) is 0 Å². The highest BCUT2D eigenvalue weighted by molar-refractivity contribution is 5.18. The number of benzene rings is 1. The molecule has 0 saturated heterocycles. The Kier molecular flexibility index (Phi) is 5.34. The Morgan fingerprint density at radius 2 is 2.11 bits per heavy atom. The van der Waals surface area contributed by atoms with Gasteiger partial charge in [0.15, 0.2) is 0 Å². The highest BCUT2D eigenvalue weighted by atomic mass is 19.1. The van der Waals surface area contributed by atoms with E-state index >= 15 is 0 Å². The summed E-state index contributed by atoms with van der Waals surface area (Å²) in [5.41, 5.74) is 0.813. The molecule has 1 aliphatic carbocycles. The largest absolute Gasteiger partial charge is 0.384 e. The summed E-state index contributed by atoms with van der Waals surface area (Å²) >= 11 is 0. The van der Waals surface area contributed by atoms with Gasteiger partial charge in [-0.25, -0.2) is 4.39 Å². The van der Waals surface area contributed by atoms with Crippen LogP contribution in [0.2, 0.25) is 0 Å². The van der Waals surface area contributed by atoms with E-state index in [4.69, 9.17) is 4.74 Å². The van der Waals surface area contributed by atoms with Crippen molar-refractivity contribution in [2.45, 2.75) is 32.2 Å². The van der Waals surface area contributed by atoms with Gasteiger partial charge in [0.25, 0.3) is 0 Å². The average Bonchev–Trinajstić information content (AvgIpc) is 3.21. The molecule has 1 aromatic rings. The number of ether oxygens (including phenoxy) is 1. The summed E-state index contributed by atoms with van der Waals surface area (Å²) in [5, 5.41) is 3.56. The van der Waals surface area contributed by atoms with Crippen molar-refractivity contribution >= 4 is 0 Å². The van der Waals surface area contributed by atoms with E-state index in [0.717, 1.165) is 25.1 Å². The number of halogens is 1. The molecule has 1 aromatic carbocycles. The summed E-state index contributed by atoms with van der Waals surface area (Å²) in [6, 6.07) is 7.78. The number of hydrogen-bond donors (Lipinski definition) is 1. The Hall–Kier alpha value is -0.930. The normalized spacial score (nSPS) is 18.3. The van der Waals surface area contributed by atoms with Crippen LogP contribution in [0.3, 0.4) is 0 Å². The van der Waals surface area contributed by atoms with Gasteiger partial charge in [-0.05, 0) is 49.3 Å². The predicted molar refractivity (Wildman–Crippen MR) is 75.7 cm³/mol. The molecule has 0 aromatic heterocycles. The van der Waals surface area contributed by atoms with Crippen molar-refractivity contribution in [1.82, 2.24) is 5.32 Å². The minimum absolute atomic E-state index is 0.0939. The summed E-state index contributed by atoms with van der Waals surface area (Å²) in [4.78, 5) is 0. The summed E-state index contributed by atoms with van der Waals surface area (Å²) in [6.45, 7) is 3.86. The van der Waals surface area contributed by atoms with Gasteiger partial charge < -0.3 is 10.1 Å². The second kappa shape index (κ2) is 7.01. The smallest absolute Gasteiger partial charge is 0.126 e. The summed E-state index contributed by atoms with van der Waals surface area (Å²) in [6.07, 6.45) is 3.34. The molecule has 0 amide bonds. The van der Waals surface area contributed by atoms with Crippen LogP contribution in [0.15, 0.2) is 24.3 Å². The third-order valence-corrected chi connectivity index (χ3v) is 3.92. The highest BCUT2D eigenvalue weighted by Gasteiger charge is 2.24. The lowest BCUT2D eigenvalue weighted by molar-refractivity contribution is 0.127. The van der Waals surface area contributed by atoms with E-state index in [9.17, 15) is 4.39 Å². The van der Waals surface area contributed by atoms with Crippen molar-refractivity contribution in [3.63, 3.8) is 0 Å². The monoisotopic (exact) mass is 265 g/mol. The Balaban J connectivity index is 1.96. The van der Waals surface area contributed by atoms with Gasteiger partial charge in [-0.2, -0.15) is 0 Å². The lowest BCUT2D eigenvalue weighted by atomic mass is 9.88. The first kappa shape index (κ1) is 14.5. The highest BCUT2D eigenvalue weighted by Crippen LogP contribution is 2.23. The zero-order chi connectivity index (χ0) is 13.7. The molecule has 2 unspecified atom stereocenters. The van der Waals surface area contributed by atoms with E-state index in [2.05, 4.69) is 12.2 Å². The maximum atomic E-state index is 13.8. The molecule has 0 radical (unpaired) electrons. The summed E-state index contributed by atoms with van der Waals surface area (Å²) < 4.78 is 19.0. The lowest BCUT2D eigenvalue weighted by Gasteiger charge is -2.24. The standard InChI is InChI=1S/C16H24FNO/c1-12(11-19-2)14(10-18-15-7-8-15)9-13-5-3-4-6-16(13)17/h3-6,12,14-15,18H,7-11H2,1-2H3. The molecule has 2 nitrogen and oxygen atoms in total. The molecule has 3 heteroatoms. The second-order valence-electron chi connectivity index (χ2n) is 5.67. The zero-order valence-electron chi connectivity index (χ0n) is 11.9. The van der Waals surface area contributed by atoms with E-state index in [1.807, 2.05) is 12.1 Å². The maximum Gasteiger partial charge on any atom is 0.126 e. The molecule has 1 aliphatic rings. The van der Waals surface area contributed by atoms with Crippen molar-refractivity contribution in [3.8, 4) is 0 Å². The third kappa shape index (κ3) is 4.59. The van der Waals surface area contributed by atoms with Gasteiger partial charge in [0.05, 0.1) is 0 Å². The summed E-state index contributed by atoms with van der Waals surface area (Å²) in [7, 11) is 1.73. The molecule has 2 atom stereocenters. The number of hydrogen-bond acceptors (Lipinski definition) is 2. The van der Waals surface area contributed by atoms with Crippen molar-refractivity contribution in [2.75, 3.05) is 20.3 Å². The van der Waals surface area contributed by atoms with E-state index in [1.54, 1.807) is 19.2 Å². The molecule has 1 saturated carbocycles. The molecule has 19 heavy (non-hydrogen) atoms. The SMILES string of the molecule is COCC(C)C(CNC1CC1)Cc1ccccc1F. The van der Waals surface area contributed by atoms with Crippen LogP contribution < -0.4 is 5.32 Å². The van der Waals surface area contributed by atoms with Gasteiger partial charge in [0.1, 0.15) is 5.82 Å². The number of rotatable bonds is 8. The minimum Gasteiger partial charge on any atom is -0.384 e. The minimum atomic E-state index is -0.0939. The Labute approximate surface area is 115 Å². The Bertz CT molecular complexity index is 392. The van der Waals surface area contributed by atoms with E-state index in [1.165, 1.54) is 12.8 Å². The van der Waals surface area contributed by atoms with Crippen LogP contribution in [0, 0.1) is 17.7 Å². The van der Waals surface area contributed by atoms with Crippen LogP contribution in [-0.2, 0) is 11.2 Å². The first-order valence-corrected chi connectivity index (χ1v) is 7.16. The van der Waals surface area contributed by atoms with Gasteiger partial charge in [0, 0.05) is 19.8 Å². The average molecular weight is 265 g/mol. The molecular formula is C16H24FNO. The Morgan fingerprint density at radius 3 is 2.74 bits per heavy atom. The molecule has 0 aliphatic heterocycles. The molecular weight excluding hydrogens is 241 g/mol. The topological polar surface area (TPSA) is 21.3 Å². The molecule has 106 valence electrons. The van der Waals surface area contributed by atoms with Gasteiger partial charge >= 0.3 is 0 Å². The predicted octanol–water partition coefficient (Wildman–Crippen LogP) is 3.02. The lowest BCUT2D eigenvalue weighted by Crippen LogP contribution is -2.32. The van der Waals surface area contributed by atoms with Crippen LogP contribution in [0.4, 0.5) is 4.39 Å². The van der Waals surface area contributed by atoms with Crippen molar-refractivity contribution in [3.05, 3.63) is 35.6 Å². The molecule has 1 fully saturated rings. The number of methoxy groups -OCH3 is 1. The van der Waals surface area contributed by atoms with Crippen LogP contribution in [0.25, 0.3) is 0 Å². The first-order chi connectivity index (χ1) is 9.20. The van der Waals surface area contributed by atoms with Crippen LogP contribution >= 0.6 is 0 Å². The van der Waals surface area contributed by atoms with Gasteiger partial charge in [-0.1, -0.05) is 25.1 Å². The maximum absolute atomic E-state index is 13.8. The molecule has 2 rings (SSSR count). The van der Waals surface area contributed by atoms with E-state index in [-0.39, 0.29) is 5.82 Å². The summed E-state index contributed by atoms with van der Waals surface area (Å²) in [5.74, 6) is 0.747. The van der Waals surface area contributed by atoms with Crippen molar-refractivity contribution in [2.24, 2.45) is 11.8 Å². The fourth-order valence-corrected chi connectivity index (χ4v) is 2.43. The molecule has 0 heterocycles. The van der Waals surface area contributed by atoms with Gasteiger partial charge in [-0.15, -0.1) is 0 Å². The first-order valence-electron chi connectivity index (χ1n) is 7.16. The number of nitrogens with one attached hydrogen (secondary N) is 1. The van der Waals surface area contributed by atoms with Crippen molar-refractivity contribution in [1.29, 1.82) is 0 Å². The van der Waals surface area contributed by atoms with E-state index in [0.29, 0.717) is 17.9 Å². The van der Waals surface area contributed by atoms with Gasteiger partial charge in [-0.3, -0.25) is 0 Å².